The van der Waals surface area contributed by atoms with Crippen molar-refractivity contribution in [3.63, 3.8) is 0 Å². The largest absolute Gasteiger partial charge is 1.00 e. The zero-order valence-corrected chi connectivity index (χ0v) is 9.19. The molecule has 0 aliphatic carbocycles. The highest BCUT2D eigenvalue weighted by Gasteiger charge is 2.08. The zero-order chi connectivity index (χ0) is 7.84. The fraction of sp³-hybridized carbons (Fsp3) is 0.250. The summed E-state index contributed by atoms with van der Waals surface area (Å²) in [6.07, 6.45) is 3.82. The maximum atomic E-state index is 4.24. The van der Waals surface area contributed by atoms with Gasteiger partial charge in [0.1, 0.15) is 5.52 Å². The van der Waals surface area contributed by atoms with Crippen LogP contribution in [0.4, 0.5) is 0 Å². The van der Waals surface area contributed by atoms with Crippen LogP contribution in [0.3, 0.4) is 0 Å². The summed E-state index contributed by atoms with van der Waals surface area (Å²) in [6, 6.07) is 4.08. The van der Waals surface area contributed by atoms with E-state index in [-0.39, 0.29) is 24.0 Å². The Morgan fingerprint density at radius 1 is 1.50 bits per heavy atom. The van der Waals surface area contributed by atoms with Crippen molar-refractivity contribution in [3.05, 3.63) is 24.7 Å². The van der Waals surface area contributed by atoms with E-state index in [1.165, 1.54) is 0 Å². The first kappa shape index (κ1) is 9.44. The molecule has 0 aliphatic rings. The van der Waals surface area contributed by atoms with Crippen molar-refractivity contribution < 1.29 is 28.5 Å². The van der Waals surface area contributed by atoms with Crippen molar-refractivity contribution in [1.29, 1.82) is 0 Å². The number of aryl methyl sites for hydroxylation is 2. The summed E-state index contributed by atoms with van der Waals surface area (Å²) in [5.74, 6) is 0. The molecule has 0 bridgehead atoms. The minimum Gasteiger partial charge on any atom is -1.00 e. The van der Waals surface area contributed by atoms with Gasteiger partial charge in [-0.3, -0.25) is 0 Å². The van der Waals surface area contributed by atoms with Crippen molar-refractivity contribution in [2.75, 3.05) is 0 Å². The number of hydrogen-bond donors (Lipinski definition) is 0. The lowest BCUT2D eigenvalue weighted by atomic mass is 10.4. The van der Waals surface area contributed by atoms with E-state index in [1.54, 1.807) is 0 Å². The van der Waals surface area contributed by atoms with Gasteiger partial charge < -0.3 is 28.5 Å². The minimum atomic E-state index is 0. The highest BCUT2D eigenvalue weighted by Crippen LogP contribution is 2.03. The summed E-state index contributed by atoms with van der Waals surface area (Å²) in [6.45, 7) is 0. The quantitative estimate of drug-likeness (QED) is 0.382. The molecule has 0 saturated carbocycles. The summed E-state index contributed by atoms with van der Waals surface area (Å²) in [7, 11) is 3.99. The Labute approximate surface area is 88.1 Å². The summed E-state index contributed by atoms with van der Waals surface area (Å²) in [5, 5.41) is 0. The van der Waals surface area contributed by atoms with Crippen LogP contribution in [0.5, 0.6) is 0 Å². The average molecular weight is 275 g/mol. The SMILES string of the molecule is Cn1cnc2c1ccc[n+]2C.[I-]. The molecule has 0 radical (unpaired) electrons. The number of pyridine rings is 1. The zero-order valence-electron chi connectivity index (χ0n) is 7.03. The maximum absolute atomic E-state index is 4.24. The van der Waals surface area contributed by atoms with Gasteiger partial charge in [-0.15, -0.1) is 0 Å². The first-order valence-electron chi connectivity index (χ1n) is 3.55. The number of nitrogens with zero attached hydrogens (tertiary/aromatic N) is 3. The van der Waals surface area contributed by atoms with Gasteiger partial charge in [0, 0.05) is 7.05 Å². The van der Waals surface area contributed by atoms with Gasteiger partial charge in [-0.25, -0.2) is 4.57 Å². The van der Waals surface area contributed by atoms with Crippen LogP contribution in [0, 0.1) is 0 Å². The summed E-state index contributed by atoms with van der Waals surface area (Å²) in [5.41, 5.74) is 2.19. The Balaban J connectivity index is 0.000000720. The van der Waals surface area contributed by atoms with Crippen molar-refractivity contribution >= 4 is 11.2 Å². The monoisotopic (exact) mass is 275 g/mol. The average Bonchev–Trinajstić information content (AvgIpc) is 2.35. The van der Waals surface area contributed by atoms with E-state index in [4.69, 9.17) is 0 Å². The number of fused-ring (bicyclic) bond motifs is 1. The molecular formula is C8H10IN3. The van der Waals surface area contributed by atoms with Gasteiger partial charge in [0.25, 0.3) is 0 Å². The molecule has 0 amide bonds. The molecule has 2 heterocycles. The van der Waals surface area contributed by atoms with Crippen LogP contribution >= 0.6 is 0 Å². The van der Waals surface area contributed by atoms with E-state index < -0.39 is 0 Å². The molecule has 0 saturated heterocycles. The molecule has 64 valence electrons. The molecule has 3 nitrogen and oxygen atoms in total. The van der Waals surface area contributed by atoms with Crippen molar-refractivity contribution in [2.45, 2.75) is 0 Å². The van der Waals surface area contributed by atoms with Gasteiger partial charge in [-0.1, -0.05) is 0 Å². The molecule has 0 aliphatic heterocycles. The minimum absolute atomic E-state index is 0. The summed E-state index contributed by atoms with van der Waals surface area (Å²) < 4.78 is 4.02. The van der Waals surface area contributed by atoms with Crippen LogP contribution in [0.2, 0.25) is 0 Å². The highest BCUT2D eigenvalue weighted by molar-refractivity contribution is 5.66. The lowest BCUT2D eigenvalue weighted by molar-refractivity contribution is -0.646. The Kier molecular flexibility index (Phi) is 2.66. The molecule has 0 aromatic carbocycles. The predicted octanol–water partition coefficient (Wildman–Crippen LogP) is -2.60. The van der Waals surface area contributed by atoms with Crippen molar-refractivity contribution in [1.82, 2.24) is 9.55 Å². The van der Waals surface area contributed by atoms with Gasteiger partial charge >= 0.3 is 5.65 Å². The molecular weight excluding hydrogens is 265 g/mol. The lowest BCUT2D eigenvalue weighted by Gasteiger charge is -1.90. The molecule has 0 fully saturated rings. The smallest absolute Gasteiger partial charge is 0.348 e. The lowest BCUT2D eigenvalue weighted by Crippen LogP contribution is -3.00. The van der Waals surface area contributed by atoms with Gasteiger partial charge in [-0.2, -0.15) is 0 Å². The van der Waals surface area contributed by atoms with Gasteiger partial charge in [0.2, 0.25) is 6.33 Å². The summed E-state index contributed by atoms with van der Waals surface area (Å²) >= 11 is 0. The number of hydrogen-bond acceptors (Lipinski definition) is 1. The molecule has 0 N–H and O–H groups in total. The van der Waals surface area contributed by atoms with E-state index >= 15 is 0 Å². The Hall–Kier alpha value is -0.650. The second-order valence-corrected chi connectivity index (χ2v) is 2.68. The molecule has 0 unspecified atom stereocenters. The molecule has 12 heavy (non-hydrogen) atoms. The maximum Gasteiger partial charge on any atom is 0.348 e. The first-order valence-corrected chi connectivity index (χ1v) is 3.55. The summed E-state index contributed by atoms with van der Waals surface area (Å²) in [4.78, 5) is 4.24. The van der Waals surface area contributed by atoms with E-state index in [0.29, 0.717) is 0 Å². The van der Waals surface area contributed by atoms with Crippen LogP contribution in [0.15, 0.2) is 24.7 Å². The van der Waals surface area contributed by atoms with Crippen LogP contribution in [-0.4, -0.2) is 9.55 Å². The first-order chi connectivity index (χ1) is 5.29. The highest BCUT2D eigenvalue weighted by atomic mass is 127. The molecule has 2 aromatic heterocycles. The number of imidazole rings is 1. The van der Waals surface area contributed by atoms with Gasteiger partial charge in [-0.05, 0) is 17.1 Å². The molecule has 0 atom stereocenters. The van der Waals surface area contributed by atoms with E-state index in [9.17, 15) is 0 Å². The molecule has 4 heteroatoms. The fourth-order valence-corrected chi connectivity index (χ4v) is 1.23. The van der Waals surface area contributed by atoms with Crippen LogP contribution in [-0.2, 0) is 14.1 Å². The van der Waals surface area contributed by atoms with E-state index in [2.05, 4.69) is 11.1 Å². The van der Waals surface area contributed by atoms with E-state index in [0.717, 1.165) is 11.2 Å². The third-order valence-corrected chi connectivity index (χ3v) is 1.86. The predicted molar refractivity (Wildman–Crippen MR) is 41.9 cm³/mol. The van der Waals surface area contributed by atoms with E-state index in [1.807, 2.05) is 41.8 Å². The Bertz CT molecular complexity index is 394. The molecule has 2 rings (SSSR count). The number of aromatic nitrogens is 3. The number of rotatable bonds is 0. The third-order valence-electron chi connectivity index (χ3n) is 1.86. The molecule has 0 spiro atoms. The third kappa shape index (κ3) is 1.31. The standard InChI is InChI=1S/C8H10N3.HI/c1-10-5-3-4-7-8(10)9-6-11(7)2;/h3-6H,1-2H3;1H/q+1;/p-1. The van der Waals surface area contributed by atoms with Crippen LogP contribution < -0.4 is 28.5 Å². The van der Waals surface area contributed by atoms with Gasteiger partial charge in [0.15, 0.2) is 0 Å². The normalized spacial score (nSPS) is 9.83. The van der Waals surface area contributed by atoms with Gasteiger partial charge in [0.05, 0.1) is 13.2 Å². The van der Waals surface area contributed by atoms with Crippen LogP contribution in [0.25, 0.3) is 11.2 Å². The Morgan fingerprint density at radius 2 is 2.25 bits per heavy atom. The number of halogens is 1. The van der Waals surface area contributed by atoms with Crippen molar-refractivity contribution in [3.8, 4) is 0 Å². The molecule has 2 aromatic rings. The second kappa shape index (κ2) is 3.38. The Morgan fingerprint density at radius 3 is 2.92 bits per heavy atom. The van der Waals surface area contributed by atoms with Crippen molar-refractivity contribution in [2.24, 2.45) is 14.1 Å². The second-order valence-electron chi connectivity index (χ2n) is 2.68. The topological polar surface area (TPSA) is 21.7 Å². The fourth-order valence-electron chi connectivity index (χ4n) is 1.23. The van der Waals surface area contributed by atoms with Crippen LogP contribution in [0.1, 0.15) is 0 Å².